The van der Waals surface area contributed by atoms with Crippen LogP contribution in [0.15, 0.2) is 66.7 Å². The molecule has 2 aromatic carbocycles. The van der Waals surface area contributed by atoms with Crippen LogP contribution in [0, 0.1) is 19.8 Å². The van der Waals surface area contributed by atoms with Gasteiger partial charge in [0.25, 0.3) is 0 Å². The van der Waals surface area contributed by atoms with E-state index in [9.17, 15) is 0 Å². The second-order valence-electron chi connectivity index (χ2n) is 8.82. The summed E-state index contributed by atoms with van der Waals surface area (Å²) in [6.45, 7) is 9.38. The van der Waals surface area contributed by atoms with Crippen LogP contribution in [-0.2, 0) is 13.1 Å². The van der Waals surface area contributed by atoms with Crippen LogP contribution in [-0.4, -0.2) is 34.5 Å². The first-order chi connectivity index (χ1) is 15.2. The Balaban J connectivity index is 1.32. The highest BCUT2D eigenvalue weighted by molar-refractivity contribution is 5.40. The molecule has 4 nitrogen and oxygen atoms in total. The summed E-state index contributed by atoms with van der Waals surface area (Å²) in [4.78, 5) is 14.1. The van der Waals surface area contributed by atoms with Gasteiger partial charge < -0.3 is 4.90 Å². The lowest BCUT2D eigenvalue weighted by Gasteiger charge is -2.34. The minimum Gasteiger partial charge on any atom is -0.356 e. The molecule has 3 aromatic rings. The number of rotatable bonds is 8. The Morgan fingerprint density at radius 2 is 1.42 bits per heavy atom. The summed E-state index contributed by atoms with van der Waals surface area (Å²) in [5, 5.41) is 0. The van der Waals surface area contributed by atoms with Crippen LogP contribution in [0.5, 0.6) is 0 Å². The third kappa shape index (κ3) is 6.38. The molecule has 0 radical (unpaired) electrons. The summed E-state index contributed by atoms with van der Waals surface area (Å²) < 4.78 is 0. The number of anilines is 1. The van der Waals surface area contributed by atoms with Gasteiger partial charge in [0.2, 0.25) is 0 Å². The summed E-state index contributed by atoms with van der Waals surface area (Å²) in [6.07, 6.45) is 3.74. The van der Waals surface area contributed by atoms with Crippen LogP contribution in [0.4, 0.5) is 5.82 Å². The molecule has 1 aromatic heterocycles. The van der Waals surface area contributed by atoms with Crippen LogP contribution in [0.1, 0.15) is 41.9 Å². The molecule has 0 unspecified atom stereocenters. The molecule has 0 amide bonds. The van der Waals surface area contributed by atoms with E-state index in [-0.39, 0.29) is 0 Å². The highest BCUT2D eigenvalue weighted by Crippen LogP contribution is 2.25. The van der Waals surface area contributed by atoms with Crippen molar-refractivity contribution in [1.82, 2.24) is 14.9 Å². The molecule has 0 bridgehead atoms. The van der Waals surface area contributed by atoms with Crippen molar-refractivity contribution in [3.63, 3.8) is 0 Å². The molecule has 0 saturated carbocycles. The molecule has 31 heavy (non-hydrogen) atoms. The summed E-state index contributed by atoms with van der Waals surface area (Å²) in [6, 6.07) is 23.8. The maximum absolute atomic E-state index is 4.66. The minimum absolute atomic E-state index is 0.786. The van der Waals surface area contributed by atoms with Crippen LogP contribution in [0.3, 0.4) is 0 Å². The lowest BCUT2D eigenvalue weighted by Crippen LogP contribution is -2.35. The number of benzene rings is 2. The highest BCUT2D eigenvalue weighted by atomic mass is 15.2. The fourth-order valence-electron chi connectivity index (χ4n) is 4.57. The maximum Gasteiger partial charge on any atom is 0.132 e. The third-order valence-electron chi connectivity index (χ3n) is 6.24. The van der Waals surface area contributed by atoms with Gasteiger partial charge >= 0.3 is 0 Å². The van der Waals surface area contributed by atoms with Gasteiger partial charge in [-0.15, -0.1) is 0 Å². The average molecular weight is 415 g/mol. The van der Waals surface area contributed by atoms with Gasteiger partial charge in [0.05, 0.1) is 0 Å². The zero-order valence-electron chi connectivity index (χ0n) is 18.9. The SMILES string of the molecule is Cc1cc(N2CCC(CCN(Cc3ccccc3)Cc3ccccc3)CC2)nc(C)n1. The van der Waals surface area contributed by atoms with Gasteiger partial charge in [-0.1, -0.05) is 60.7 Å². The number of aryl methyl sites for hydroxylation is 2. The molecule has 1 saturated heterocycles. The van der Waals surface area contributed by atoms with Crippen LogP contribution in [0.2, 0.25) is 0 Å². The van der Waals surface area contributed by atoms with E-state index in [0.29, 0.717) is 0 Å². The molecule has 4 rings (SSSR count). The lowest BCUT2D eigenvalue weighted by atomic mass is 9.93. The summed E-state index contributed by atoms with van der Waals surface area (Å²) >= 11 is 0. The summed E-state index contributed by atoms with van der Waals surface area (Å²) in [5.41, 5.74) is 3.84. The number of nitrogens with zero attached hydrogens (tertiary/aromatic N) is 4. The molecule has 4 heteroatoms. The van der Waals surface area contributed by atoms with E-state index >= 15 is 0 Å². The fraction of sp³-hybridized carbons (Fsp3) is 0.407. The van der Waals surface area contributed by atoms with Gasteiger partial charge in [-0.05, 0) is 56.7 Å². The molecule has 0 aliphatic carbocycles. The van der Waals surface area contributed by atoms with E-state index in [0.717, 1.165) is 56.0 Å². The quantitative estimate of drug-likeness (QED) is 0.494. The Morgan fingerprint density at radius 1 is 0.839 bits per heavy atom. The van der Waals surface area contributed by atoms with E-state index in [4.69, 9.17) is 0 Å². The highest BCUT2D eigenvalue weighted by Gasteiger charge is 2.21. The number of piperidine rings is 1. The van der Waals surface area contributed by atoms with Crippen molar-refractivity contribution in [1.29, 1.82) is 0 Å². The molecule has 0 atom stereocenters. The standard InChI is InChI=1S/C27H34N4/c1-22-19-27(29-23(2)28-22)31-17-14-24(15-18-31)13-16-30(20-25-9-5-3-6-10-25)21-26-11-7-4-8-12-26/h3-12,19,24H,13-18,20-21H2,1-2H3. The Morgan fingerprint density at radius 3 is 1.97 bits per heavy atom. The van der Waals surface area contributed by atoms with Gasteiger partial charge in [0.1, 0.15) is 11.6 Å². The molecule has 1 aliphatic heterocycles. The van der Waals surface area contributed by atoms with E-state index < -0.39 is 0 Å². The molecular weight excluding hydrogens is 380 g/mol. The number of hydrogen-bond acceptors (Lipinski definition) is 4. The van der Waals surface area contributed by atoms with Crippen molar-refractivity contribution in [2.75, 3.05) is 24.5 Å². The maximum atomic E-state index is 4.66. The average Bonchev–Trinajstić information content (AvgIpc) is 2.79. The van der Waals surface area contributed by atoms with Crippen LogP contribution >= 0.6 is 0 Å². The van der Waals surface area contributed by atoms with Crippen molar-refractivity contribution in [3.8, 4) is 0 Å². The predicted octanol–water partition coefficient (Wildman–Crippen LogP) is 5.40. The normalized spacial score (nSPS) is 14.9. The molecule has 1 aliphatic rings. The molecule has 162 valence electrons. The van der Waals surface area contributed by atoms with Crippen molar-refractivity contribution in [2.24, 2.45) is 5.92 Å². The van der Waals surface area contributed by atoms with E-state index in [2.05, 4.69) is 93.4 Å². The second-order valence-corrected chi connectivity index (χ2v) is 8.82. The molecule has 2 heterocycles. The smallest absolute Gasteiger partial charge is 0.132 e. The predicted molar refractivity (Wildman–Crippen MR) is 128 cm³/mol. The zero-order chi connectivity index (χ0) is 21.5. The van der Waals surface area contributed by atoms with Crippen molar-refractivity contribution in [3.05, 3.63) is 89.4 Å². The molecule has 1 fully saturated rings. The van der Waals surface area contributed by atoms with Gasteiger partial charge in [0.15, 0.2) is 0 Å². The van der Waals surface area contributed by atoms with Crippen LogP contribution in [0.25, 0.3) is 0 Å². The second kappa shape index (κ2) is 10.5. The van der Waals surface area contributed by atoms with Crippen molar-refractivity contribution >= 4 is 5.82 Å². The molecule has 0 N–H and O–H groups in total. The van der Waals surface area contributed by atoms with Crippen molar-refractivity contribution in [2.45, 2.75) is 46.2 Å². The molecular formula is C27H34N4. The number of aromatic nitrogens is 2. The largest absolute Gasteiger partial charge is 0.356 e. The van der Waals surface area contributed by atoms with Gasteiger partial charge in [-0.2, -0.15) is 0 Å². The van der Waals surface area contributed by atoms with Gasteiger partial charge in [0, 0.05) is 37.9 Å². The first-order valence-electron chi connectivity index (χ1n) is 11.5. The Hall–Kier alpha value is -2.72. The lowest BCUT2D eigenvalue weighted by molar-refractivity contribution is 0.224. The summed E-state index contributed by atoms with van der Waals surface area (Å²) in [7, 11) is 0. The van der Waals surface area contributed by atoms with Gasteiger partial charge in [-0.25, -0.2) is 9.97 Å². The van der Waals surface area contributed by atoms with Gasteiger partial charge in [-0.3, -0.25) is 4.90 Å². The summed E-state index contributed by atoms with van der Waals surface area (Å²) in [5.74, 6) is 2.75. The van der Waals surface area contributed by atoms with Crippen LogP contribution < -0.4 is 4.90 Å². The first kappa shape index (κ1) is 21.5. The fourth-order valence-corrected chi connectivity index (χ4v) is 4.57. The Kier molecular flexibility index (Phi) is 7.31. The Bertz CT molecular complexity index is 872. The zero-order valence-corrected chi connectivity index (χ0v) is 18.9. The topological polar surface area (TPSA) is 32.3 Å². The number of hydrogen-bond donors (Lipinski definition) is 0. The van der Waals surface area contributed by atoms with Crippen molar-refractivity contribution < 1.29 is 0 Å². The van der Waals surface area contributed by atoms with E-state index in [1.807, 2.05) is 6.92 Å². The van der Waals surface area contributed by atoms with E-state index in [1.165, 1.54) is 30.4 Å². The Labute approximate surface area is 187 Å². The van der Waals surface area contributed by atoms with E-state index in [1.54, 1.807) is 0 Å². The third-order valence-corrected chi connectivity index (χ3v) is 6.24. The first-order valence-corrected chi connectivity index (χ1v) is 11.5. The minimum atomic E-state index is 0.786. The monoisotopic (exact) mass is 414 g/mol. The molecule has 0 spiro atoms.